The number of hydrogen-bond donors (Lipinski definition) is 2. The van der Waals surface area contributed by atoms with Gasteiger partial charge in [0.2, 0.25) is 0 Å². The molecule has 24 heavy (non-hydrogen) atoms. The number of benzene rings is 3. The summed E-state index contributed by atoms with van der Waals surface area (Å²) in [5.41, 5.74) is 2.74. The number of phenols is 1. The average Bonchev–Trinajstić information content (AvgIpc) is 2.61. The van der Waals surface area contributed by atoms with Crippen LogP contribution in [0.2, 0.25) is 0 Å². The first-order valence-electron chi connectivity index (χ1n) is 8.70. The maximum Gasteiger partial charge on any atom is 0.116 e. The van der Waals surface area contributed by atoms with Gasteiger partial charge in [0, 0.05) is 6.04 Å². The standard InChI is InChI=1S/C22H25NO/c1-17(7-8-18-5-3-2-4-6-18)23-14-13-19-9-10-21-16-22(24)12-11-20(21)15-19/h2-6,9-12,15-17,23-24H,7-8,13-14H2,1H3. The Hall–Kier alpha value is -2.32. The average molecular weight is 319 g/mol. The van der Waals surface area contributed by atoms with Crippen molar-refractivity contribution < 1.29 is 5.11 Å². The zero-order valence-corrected chi connectivity index (χ0v) is 14.2. The molecule has 2 N–H and O–H groups in total. The molecule has 0 heterocycles. The predicted octanol–water partition coefficient (Wildman–Crippen LogP) is 4.70. The molecule has 0 aliphatic rings. The second kappa shape index (κ2) is 7.98. The summed E-state index contributed by atoms with van der Waals surface area (Å²) in [7, 11) is 0. The molecule has 0 aromatic heterocycles. The fourth-order valence-corrected chi connectivity index (χ4v) is 3.03. The Bertz CT molecular complexity index is 782. The molecule has 0 spiro atoms. The van der Waals surface area contributed by atoms with Gasteiger partial charge in [-0.15, -0.1) is 0 Å². The topological polar surface area (TPSA) is 32.3 Å². The normalized spacial score (nSPS) is 12.4. The van der Waals surface area contributed by atoms with Crippen molar-refractivity contribution in [1.29, 1.82) is 0 Å². The van der Waals surface area contributed by atoms with Crippen LogP contribution in [-0.2, 0) is 12.8 Å². The van der Waals surface area contributed by atoms with Crippen molar-refractivity contribution in [2.24, 2.45) is 0 Å². The molecule has 3 rings (SSSR count). The first-order valence-corrected chi connectivity index (χ1v) is 8.70. The van der Waals surface area contributed by atoms with Crippen molar-refractivity contribution in [3.63, 3.8) is 0 Å². The van der Waals surface area contributed by atoms with Crippen molar-refractivity contribution in [3.05, 3.63) is 77.9 Å². The summed E-state index contributed by atoms with van der Waals surface area (Å²) in [6, 6.07) is 23.2. The van der Waals surface area contributed by atoms with E-state index in [1.54, 1.807) is 6.07 Å². The summed E-state index contributed by atoms with van der Waals surface area (Å²) in [5, 5.41) is 15.4. The molecule has 3 aromatic carbocycles. The Balaban J connectivity index is 1.46. The molecule has 0 saturated heterocycles. The molecule has 124 valence electrons. The van der Waals surface area contributed by atoms with Crippen molar-refractivity contribution in [2.45, 2.75) is 32.2 Å². The van der Waals surface area contributed by atoms with Crippen LogP contribution in [0.25, 0.3) is 10.8 Å². The second-order valence-electron chi connectivity index (χ2n) is 6.50. The highest BCUT2D eigenvalue weighted by molar-refractivity contribution is 5.84. The van der Waals surface area contributed by atoms with Gasteiger partial charge in [0.05, 0.1) is 0 Å². The highest BCUT2D eigenvalue weighted by atomic mass is 16.3. The highest BCUT2D eigenvalue weighted by Crippen LogP contribution is 2.21. The van der Waals surface area contributed by atoms with Crippen LogP contribution in [0.4, 0.5) is 0 Å². The number of fused-ring (bicyclic) bond motifs is 1. The smallest absolute Gasteiger partial charge is 0.116 e. The molecule has 3 aromatic rings. The SMILES string of the molecule is CC(CCc1ccccc1)NCCc1ccc2cc(O)ccc2c1. The summed E-state index contributed by atoms with van der Waals surface area (Å²) in [5.74, 6) is 0.323. The van der Waals surface area contributed by atoms with Gasteiger partial charge in [-0.25, -0.2) is 0 Å². The third-order valence-corrected chi connectivity index (χ3v) is 4.50. The van der Waals surface area contributed by atoms with E-state index in [1.807, 2.05) is 12.1 Å². The minimum atomic E-state index is 0.323. The van der Waals surface area contributed by atoms with Gasteiger partial charge in [0.15, 0.2) is 0 Å². The van der Waals surface area contributed by atoms with E-state index in [0.29, 0.717) is 11.8 Å². The van der Waals surface area contributed by atoms with E-state index in [2.05, 4.69) is 60.8 Å². The van der Waals surface area contributed by atoms with Crippen LogP contribution in [0.15, 0.2) is 66.7 Å². The van der Waals surface area contributed by atoms with Crippen molar-refractivity contribution in [2.75, 3.05) is 6.54 Å². The van der Waals surface area contributed by atoms with Gasteiger partial charge in [-0.05, 0) is 66.8 Å². The number of hydrogen-bond acceptors (Lipinski definition) is 2. The lowest BCUT2D eigenvalue weighted by molar-refractivity contribution is 0.476. The number of aromatic hydroxyl groups is 1. The highest BCUT2D eigenvalue weighted by Gasteiger charge is 2.03. The van der Waals surface area contributed by atoms with Gasteiger partial charge in [0.1, 0.15) is 5.75 Å². The van der Waals surface area contributed by atoms with E-state index in [9.17, 15) is 5.11 Å². The van der Waals surface area contributed by atoms with Crippen LogP contribution in [0.3, 0.4) is 0 Å². The molecule has 0 bridgehead atoms. The minimum Gasteiger partial charge on any atom is -0.508 e. The number of phenolic OH excluding ortho intramolecular Hbond substituents is 1. The molecule has 2 nitrogen and oxygen atoms in total. The molecule has 1 atom stereocenters. The fourth-order valence-electron chi connectivity index (χ4n) is 3.03. The van der Waals surface area contributed by atoms with Crippen LogP contribution in [0.1, 0.15) is 24.5 Å². The number of rotatable bonds is 7. The van der Waals surface area contributed by atoms with Gasteiger partial charge >= 0.3 is 0 Å². The summed E-state index contributed by atoms with van der Waals surface area (Å²) in [4.78, 5) is 0. The van der Waals surface area contributed by atoms with Gasteiger partial charge in [-0.2, -0.15) is 0 Å². The largest absolute Gasteiger partial charge is 0.508 e. The van der Waals surface area contributed by atoms with Crippen molar-refractivity contribution in [1.82, 2.24) is 5.32 Å². The molecule has 0 amide bonds. The Labute approximate surface area is 144 Å². The third kappa shape index (κ3) is 4.59. The monoisotopic (exact) mass is 319 g/mol. The van der Waals surface area contributed by atoms with Crippen LogP contribution in [-0.4, -0.2) is 17.7 Å². The number of aryl methyl sites for hydroxylation is 1. The van der Waals surface area contributed by atoms with Crippen LogP contribution in [0.5, 0.6) is 5.75 Å². The summed E-state index contributed by atoms with van der Waals surface area (Å²) in [6.45, 7) is 3.24. The maximum atomic E-state index is 9.52. The lowest BCUT2D eigenvalue weighted by Crippen LogP contribution is -2.28. The van der Waals surface area contributed by atoms with E-state index in [1.165, 1.54) is 16.5 Å². The minimum absolute atomic E-state index is 0.323. The molecule has 1 unspecified atom stereocenters. The van der Waals surface area contributed by atoms with E-state index in [4.69, 9.17) is 0 Å². The van der Waals surface area contributed by atoms with E-state index < -0.39 is 0 Å². The Morgan fingerprint density at radius 1 is 0.833 bits per heavy atom. The van der Waals surface area contributed by atoms with Crippen molar-refractivity contribution >= 4 is 10.8 Å². The van der Waals surface area contributed by atoms with Crippen molar-refractivity contribution in [3.8, 4) is 5.75 Å². The Morgan fingerprint density at radius 2 is 1.58 bits per heavy atom. The van der Waals surface area contributed by atoms with Gasteiger partial charge < -0.3 is 10.4 Å². The lowest BCUT2D eigenvalue weighted by Gasteiger charge is -2.14. The van der Waals surface area contributed by atoms with E-state index in [0.717, 1.165) is 31.2 Å². The molecule has 0 fully saturated rings. The molecular formula is C22H25NO. The van der Waals surface area contributed by atoms with Gasteiger partial charge in [-0.3, -0.25) is 0 Å². The van der Waals surface area contributed by atoms with Crippen LogP contribution in [0, 0.1) is 0 Å². The molecule has 0 radical (unpaired) electrons. The third-order valence-electron chi connectivity index (χ3n) is 4.50. The van der Waals surface area contributed by atoms with Gasteiger partial charge in [0.25, 0.3) is 0 Å². The summed E-state index contributed by atoms with van der Waals surface area (Å²) in [6.07, 6.45) is 3.29. The van der Waals surface area contributed by atoms with Crippen LogP contribution >= 0.6 is 0 Å². The molecule has 0 aliphatic carbocycles. The molecule has 0 aliphatic heterocycles. The molecule has 2 heteroatoms. The molecule has 0 saturated carbocycles. The quantitative estimate of drug-likeness (QED) is 0.661. The molecular weight excluding hydrogens is 294 g/mol. The van der Waals surface area contributed by atoms with Gasteiger partial charge in [-0.1, -0.05) is 54.6 Å². The zero-order valence-electron chi connectivity index (χ0n) is 14.2. The summed E-state index contributed by atoms with van der Waals surface area (Å²) < 4.78 is 0. The number of nitrogens with one attached hydrogen (secondary N) is 1. The first-order chi connectivity index (χ1) is 11.7. The Morgan fingerprint density at radius 3 is 2.42 bits per heavy atom. The van der Waals surface area contributed by atoms with E-state index in [-0.39, 0.29) is 0 Å². The maximum absolute atomic E-state index is 9.52. The van der Waals surface area contributed by atoms with E-state index >= 15 is 0 Å². The zero-order chi connectivity index (χ0) is 16.8. The fraction of sp³-hybridized carbons (Fsp3) is 0.273. The second-order valence-corrected chi connectivity index (χ2v) is 6.50. The first kappa shape index (κ1) is 16.5. The van der Waals surface area contributed by atoms with Crippen LogP contribution < -0.4 is 5.32 Å². The lowest BCUT2D eigenvalue weighted by atomic mass is 10.0. The Kier molecular flexibility index (Phi) is 5.50. The summed E-state index contributed by atoms with van der Waals surface area (Å²) >= 11 is 0. The predicted molar refractivity (Wildman–Crippen MR) is 102 cm³/mol.